The first kappa shape index (κ1) is 39.7. The third kappa shape index (κ3) is 9.23. The van der Waals surface area contributed by atoms with Crippen LogP contribution in [-0.4, -0.2) is 157 Å². The van der Waals surface area contributed by atoms with Crippen molar-refractivity contribution in [3.63, 3.8) is 0 Å². The van der Waals surface area contributed by atoms with Gasteiger partial charge < -0.3 is 79.5 Å². The van der Waals surface area contributed by atoms with Crippen LogP contribution in [-0.2, 0) is 31.8 Å². The summed E-state index contributed by atoms with van der Waals surface area (Å²) < 4.78 is 32.8. The van der Waals surface area contributed by atoms with E-state index in [-0.39, 0.29) is 49.1 Å². The van der Waals surface area contributed by atoms with E-state index in [0.29, 0.717) is 11.1 Å². The first-order valence-corrected chi connectivity index (χ1v) is 16.6. The van der Waals surface area contributed by atoms with E-state index in [2.05, 4.69) is 22.6 Å². The van der Waals surface area contributed by atoms with Crippen molar-refractivity contribution in [3.8, 4) is 23.0 Å². The fourth-order valence-corrected chi connectivity index (χ4v) is 6.87. The summed E-state index contributed by atoms with van der Waals surface area (Å²) in [6.07, 6.45) is -14.9. The number of rotatable bonds is 15. The number of phenolic OH excluding ortho intramolecular Hbond substituents is 2. The topological polar surface area (TPSA) is 258 Å². The summed E-state index contributed by atoms with van der Waals surface area (Å²) in [7, 11) is 2.79. The minimum Gasteiger partial charge on any atom is -0.504 e. The number of ether oxygens (including phenoxy) is 6. The molecule has 2 aliphatic rings. The van der Waals surface area contributed by atoms with Crippen molar-refractivity contribution in [2.45, 2.75) is 77.7 Å². The zero-order valence-corrected chi connectivity index (χ0v) is 29.0. The van der Waals surface area contributed by atoms with Crippen LogP contribution in [0.4, 0.5) is 0 Å². The van der Waals surface area contributed by atoms with Gasteiger partial charge in [-0.05, 0) is 48.2 Å². The Labute approximate surface area is 296 Å². The Morgan fingerprint density at radius 1 is 0.694 bits per heavy atom. The lowest BCUT2D eigenvalue weighted by Crippen LogP contribution is -2.60. The second kappa shape index (κ2) is 17.4. The van der Waals surface area contributed by atoms with Crippen LogP contribution in [0.5, 0.6) is 23.0 Å². The molecule has 12 atom stereocenters. The monoisotopic (exact) mass is 812 g/mol. The number of halogens is 1. The summed E-state index contributed by atoms with van der Waals surface area (Å²) in [5.74, 6) is -0.404. The summed E-state index contributed by atoms with van der Waals surface area (Å²) in [5, 5.41) is 102. The van der Waals surface area contributed by atoms with Crippen LogP contribution < -0.4 is 9.47 Å². The van der Waals surface area contributed by atoms with Gasteiger partial charge in [-0.25, -0.2) is 0 Å². The number of hydrogen-bond acceptors (Lipinski definition) is 16. The second-order valence-electron chi connectivity index (χ2n) is 12.2. The Morgan fingerprint density at radius 3 is 1.65 bits per heavy atom. The second-order valence-corrected chi connectivity index (χ2v) is 14.3. The molecule has 2 saturated heterocycles. The van der Waals surface area contributed by atoms with E-state index in [4.69, 9.17) is 28.4 Å². The Balaban J connectivity index is 1.71. The van der Waals surface area contributed by atoms with Crippen molar-refractivity contribution < 1.29 is 79.5 Å². The fraction of sp³-hybridized carbons (Fsp3) is 0.625. The summed E-state index contributed by atoms with van der Waals surface area (Å²) in [4.78, 5) is 0. The molecule has 10 N–H and O–H groups in total. The standard InChI is InChI=1S/C32H45IO16/c1-44-20-8-15(3-5-18(20)36)7-17(13-46-30-28(42)26(40)24(38)22(11-34)48-30)32(33,10-16-4-6-19(37)21(9-16)45-2)14-47-31-29(43)27(41)25(39)23(12-35)49-31/h3-6,8-9,17,22-31,34-43H,7,10-14H2,1-2H3/t17-,22-,23-,24-,25-,26+,27+,28-,29-,30-,31-,32-/m1/s1. The van der Waals surface area contributed by atoms with Crippen molar-refractivity contribution in [1.29, 1.82) is 0 Å². The molecule has 0 saturated carbocycles. The third-order valence-corrected chi connectivity index (χ3v) is 10.4. The molecule has 16 nitrogen and oxygen atoms in total. The molecular formula is C32H45IO16. The molecule has 2 aromatic carbocycles. The van der Waals surface area contributed by atoms with Crippen molar-refractivity contribution in [3.05, 3.63) is 47.5 Å². The molecular weight excluding hydrogens is 767 g/mol. The molecule has 2 fully saturated rings. The van der Waals surface area contributed by atoms with E-state index in [1.165, 1.54) is 26.4 Å². The number of benzene rings is 2. The quantitative estimate of drug-likeness (QED) is 0.0712. The molecule has 17 heteroatoms. The van der Waals surface area contributed by atoms with E-state index >= 15 is 0 Å². The summed E-state index contributed by atoms with van der Waals surface area (Å²) in [6, 6.07) is 9.48. The van der Waals surface area contributed by atoms with E-state index in [9.17, 15) is 51.1 Å². The predicted octanol–water partition coefficient (Wildman–Crippen LogP) is -1.68. The van der Waals surface area contributed by atoms with Crippen LogP contribution in [0.2, 0.25) is 0 Å². The van der Waals surface area contributed by atoms with Gasteiger partial charge in [-0.15, -0.1) is 0 Å². The minimum atomic E-state index is -1.68. The Bertz CT molecular complexity index is 1350. The molecule has 0 bridgehead atoms. The van der Waals surface area contributed by atoms with E-state index in [0.717, 1.165) is 0 Å². The molecule has 2 aromatic rings. The van der Waals surface area contributed by atoms with Gasteiger partial charge in [0.25, 0.3) is 0 Å². The third-order valence-electron chi connectivity index (χ3n) is 8.85. The van der Waals surface area contributed by atoms with Crippen LogP contribution in [0, 0.1) is 5.92 Å². The lowest BCUT2D eigenvalue weighted by Gasteiger charge is -2.43. The van der Waals surface area contributed by atoms with Crippen LogP contribution in [0.1, 0.15) is 11.1 Å². The number of alkyl halides is 1. The molecule has 49 heavy (non-hydrogen) atoms. The molecule has 4 rings (SSSR count). The molecule has 2 heterocycles. The first-order valence-electron chi connectivity index (χ1n) is 15.5. The van der Waals surface area contributed by atoms with Gasteiger partial charge >= 0.3 is 0 Å². The minimum absolute atomic E-state index is 0.0942. The van der Waals surface area contributed by atoms with Gasteiger partial charge in [0.1, 0.15) is 48.8 Å². The molecule has 276 valence electrons. The SMILES string of the molecule is COc1cc(C[C@H](CO[C@@H]2O[C@H](CO)[C@@H](O)[C@H](O)[C@H]2O)[C@](I)(CO[C@@H]2O[C@H](CO)[C@@H](O)[C@H](O)[C@H]2O)Cc2ccc(O)c(OC)c2)ccc1O. The van der Waals surface area contributed by atoms with Crippen molar-refractivity contribution in [2.24, 2.45) is 5.92 Å². The molecule has 0 aromatic heterocycles. The highest BCUT2D eigenvalue weighted by atomic mass is 127. The first-order chi connectivity index (χ1) is 23.3. The summed E-state index contributed by atoms with van der Waals surface area (Å²) >= 11 is 2.15. The average Bonchev–Trinajstić information content (AvgIpc) is 3.09. The van der Waals surface area contributed by atoms with Crippen molar-refractivity contribution in [1.82, 2.24) is 0 Å². The predicted molar refractivity (Wildman–Crippen MR) is 176 cm³/mol. The largest absolute Gasteiger partial charge is 0.504 e. The number of aliphatic hydroxyl groups is 8. The normalized spacial score (nSPS) is 32.3. The molecule has 0 radical (unpaired) electrons. The molecule has 0 unspecified atom stereocenters. The van der Waals surface area contributed by atoms with Crippen LogP contribution in [0.15, 0.2) is 36.4 Å². The summed E-state index contributed by atoms with van der Waals surface area (Å²) in [6.45, 7) is -1.72. The smallest absolute Gasteiger partial charge is 0.186 e. The Hall–Kier alpha value is -2.11. The highest BCUT2D eigenvalue weighted by molar-refractivity contribution is 14.1. The lowest BCUT2D eigenvalue weighted by molar-refractivity contribution is -0.307. The Morgan fingerprint density at radius 2 is 1.16 bits per heavy atom. The highest BCUT2D eigenvalue weighted by Gasteiger charge is 2.48. The van der Waals surface area contributed by atoms with Crippen LogP contribution >= 0.6 is 22.6 Å². The maximum Gasteiger partial charge on any atom is 0.186 e. The lowest BCUT2D eigenvalue weighted by atomic mass is 9.83. The number of methoxy groups -OCH3 is 2. The maximum atomic E-state index is 10.7. The number of phenols is 2. The van der Waals surface area contributed by atoms with Crippen LogP contribution in [0.25, 0.3) is 0 Å². The van der Waals surface area contributed by atoms with Crippen molar-refractivity contribution in [2.75, 3.05) is 40.6 Å². The zero-order valence-electron chi connectivity index (χ0n) is 26.9. The Kier molecular flexibility index (Phi) is 14.1. The van der Waals surface area contributed by atoms with E-state index < -0.39 is 84.0 Å². The van der Waals surface area contributed by atoms with Gasteiger partial charge in [0.2, 0.25) is 0 Å². The zero-order chi connectivity index (χ0) is 36.0. The van der Waals surface area contributed by atoms with Gasteiger partial charge in [0, 0.05) is 5.92 Å². The molecule has 2 aliphatic heterocycles. The van der Waals surface area contributed by atoms with Gasteiger partial charge in [-0.1, -0.05) is 34.7 Å². The maximum absolute atomic E-state index is 10.7. The molecule has 0 amide bonds. The molecule has 0 aliphatic carbocycles. The van der Waals surface area contributed by atoms with Gasteiger partial charge in [-0.3, -0.25) is 0 Å². The van der Waals surface area contributed by atoms with E-state index in [1.807, 2.05) is 0 Å². The fourth-order valence-electron chi connectivity index (χ4n) is 5.85. The summed E-state index contributed by atoms with van der Waals surface area (Å²) in [5.41, 5.74) is 1.34. The number of hydrogen-bond donors (Lipinski definition) is 10. The average molecular weight is 813 g/mol. The van der Waals surface area contributed by atoms with Gasteiger partial charge in [0.05, 0.1) is 44.1 Å². The van der Waals surface area contributed by atoms with Crippen LogP contribution in [0.3, 0.4) is 0 Å². The van der Waals surface area contributed by atoms with Gasteiger partial charge in [0.15, 0.2) is 35.6 Å². The number of aliphatic hydroxyl groups excluding tert-OH is 8. The molecule has 0 spiro atoms. The van der Waals surface area contributed by atoms with E-state index in [1.54, 1.807) is 24.3 Å². The highest BCUT2D eigenvalue weighted by Crippen LogP contribution is 2.40. The van der Waals surface area contributed by atoms with Gasteiger partial charge in [-0.2, -0.15) is 0 Å². The number of aromatic hydroxyl groups is 2. The van der Waals surface area contributed by atoms with Crippen molar-refractivity contribution >= 4 is 22.6 Å².